The number of carboxylic acid groups (broad SMARTS) is 1. The van der Waals surface area contributed by atoms with Gasteiger partial charge in [0.2, 0.25) is 0 Å². The van der Waals surface area contributed by atoms with Crippen LogP contribution in [0, 0.1) is 12.7 Å². The third kappa shape index (κ3) is 3.07. The van der Waals surface area contributed by atoms with Crippen LogP contribution in [0.1, 0.15) is 21.6 Å². The number of hydrogen-bond donors (Lipinski definition) is 2. The third-order valence-electron chi connectivity index (χ3n) is 2.78. The number of halogens is 1. The van der Waals surface area contributed by atoms with Gasteiger partial charge in [-0.15, -0.1) is 0 Å². The monoisotopic (exact) mass is 260 g/mol. The number of carboxylic acids is 1. The molecule has 2 N–H and O–H groups in total. The quantitative estimate of drug-likeness (QED) is 0.887. The van der Waals surface area contributed by atoms with E-state index in [1.165, 1.54) is 12.1 Å². The molecule has 0 atom stereocenters. The zero-order chi connectivity index (χ0) is 13.8. The summed E-state index contributed by atoms with van der Waals surface area (Å²) in [6.45, 7) is 2.31. The largest absolute Gasteiger partial charge is 0.478 e. The summed E-state index contributed by atoms with van der Waals surface area (Å²) in [6.07, 6.45) is 1.67. The molecule has 2 rings (SSSR count). The molecule has 0 aliphatic rings. The molecule has 0 spiro atoms. The van der Waals surface area contributed by atoms with Gasteiger partial charge < -0.3 is 10.4 Å². The molecule has 0 unspecified atom stereocenters. The van der Waals surface area contributed by atoms with Gasteiger partial charge in [-0.1, -0.05) is 6.07 Å². The molecule has 98 valence electrons. The first-order valence-corrected chi connectivity index (χ1v) is 5.75. The average molecular weight is 260 g/mol. The first kappa shape index (κ1) is 13.0. The summed E-state index contributed by atoms with van der Waals surface area (Å²) in [7, 11) is 0. The van der Waals surface area contributed by atoms with Crippen molar-refractivity contribution in [1.29, 1.82) is 0 Å². The maximum Gasteiger partial charge on any atom is 0.335 e. The van der Waals surface area contributed by atoms with Crippen LogP contribution >= 0.6 is 0 Å². The fraction of sp³-hybridized carbons (Fsp3) is 0.143. The Morgan fingerprint density at radius 3 is 2.84 bits per heavy atom. The van der Waals surface area contributed by atoms with E-state index in [1.54, 1.807) is 6.20 Å². The van der Waals surface area contributed by atoms with Gasteiger partial charge in [-0.2, -0.15) is 0 Å². The van der Waals surface area contributed by atoms with Gasteiger partial charge in [-0.25, -0.2) is 9.18 Å². The van der Waals surface area contributed by atoms with E-state index in [0.717, 1.165) is 17.3 Å². The van der Waals surface area contributed by atoms with Crippen LogP contribution in [0.4, 0.5) is 10.1 Å². The SMILES string of the molecule is Cc1cccnc1CNc1ccc(C(=O)O)cc1F. The Morgan fingerprint density at radius 1 is 1.42 bits per heavy atom. The Balaban J connectivity index is 2.12. The summed E-state index contributed by atoms with van der Waals surface area (Å²) in [6, 6.07) is 7.53. The van der Waals surface area contributed by atoms with Crippen LogP contribution < -0.4 is 5.32 Å². The Bertz CT molecular complexity index is 614. The van der Waals surface area contributed by atoms with Crippen LogP contribution in [0.3, 0.4) is 0 Å². The molecule has 1 aromatic carbocycles. The highest BCUT2D eigenvalue weighted by molar-refractivity contribution is 5.88. The number of hydrogen-bond acceptors (Lipinski definition) is 3. The molecule has 5 heteroatoms. The molecule has 0 fully saturated rings. The number of anilines is 1. The van der Waals surface area contributed by atoms with Crippen molar-refractivity contribution in [2.45, 2.75) is 13.5 Å². The summed E-state index contributed by atoms with van der Waals surface area (Å²) in [5.74, 6) is -1.74. The van der Waals surface area contributed by atoms with Crippen molar-refractivity contribution in [2.75, 3.05) is 5.32 Å². The van der Waals surface area contributed by atoms with Crippen LogP contribution in [0.25, 0.3) is 0 Å². The van der Waals surface area contributed by atoms with Gasteiger partial charge in [0, 0.05) is 6.20 Å². The van der Waals surface area contributed by atoms with Gasteiger partial charge in [0.15, 0.2) is 0 Å². The maximum atomic E-state index is 13.7. The number of benzene rings is 1. The second-order valence-corrected chi connectivity index (χ2v) is 4.12. The normalized spacial score (nSPS) is 10.2. The van der Waals surface area contributed by atoms with Crippen molar-refractivity contribution >= 4 is 11.7 Å². The molecule has 0 amide bonds. The van der Waals surface area contributed by atoms with E-state index in [1.807, 2.05) is 19.1 Å². The maximum absolute atomic E-state index is 13.7. The first-order chi connectivity index (χ1) is 9.08. The highest BCUT2D eigenvalue weighted by Gasteiger charge is 2.08. The van der Waals surface area contributed by atoms with Gasteiger partial charge in [0.05, 0.1) is 23.5 Å². The van der Waals surface area contributed by atoms with E-state index in [9.17, 15) is 9.18 Å². The highest BCUT2D eigenvalue weighted by atomic mass is 19.1. The number of carbonyl (C=O) groups is 1. The standard InChI is InChI=1S/C14H13FN2O2/c1-9-3-2-6-16-13(9)8-17-12-5-4-10(14(18)19)7-11(12)15/h2-7,17H,8H2,1H3,(H,18,19). The number of pyridine rings is 1. The van der Waals surface area contributed by atoms with Crippen LogP contribution in [-0.4, -0.2) is 16.1 Å². The van der Waals surface area contributed by atoms with Gasteiger partial charge in [0.1, 0.15) is 5.82 Å². The summed E-state index contributed by atoms with van der Waals surface area (Å²) < 4.78 is 13.7. The molecule has 2 aromatic rings. The molecule has 0 aliphatic carbocycles. The molecule has 0 radical (unpaired) electrons. The lowest BCUT2D eigenvalue weighted by atomic mass is 10.2. The number of aromatic carboxylic acids is 1. The van der Waals surface area contributed by atoms with Gasteiger partial charge in [-0.05, 0) is 36.8 Å². The number of nitrogens with one attached hydrogen (secondary N) is 1. The number of rotatable bonds is 4. The van der Waals surface area contributed by atoms with Crippen molar-refractivity contribution in [1.82, 2.24) is 4.98 Å². The highest BCUT2D eigenvalue weighted by Crippen LogP contribution is 2.17. The minimum absolute atomic E-state index is 0.0722. The molecule has 0 saturated carbocycles. The Morgan fingerprint density at radius 2 is 2.21 bits per heavy atom. The van der Waals surface area contributed by atoms with E-state index < -0.39 is 11.8 Å². The lowest BCUT2D eigenvalue weighted by Crippen LogP contribution is -2.06. The second kappa shape index (κ2) is 5.48. The fourth-order valence-corrected chi connectivity index (χ4v) is 1.67. The fourth-order valence-electron chi connectivity index (χ4n) is 1.67. The summed E-state index contributed by atoms with van der Waals surface area (Å²) in [5.41, 5.74) is 2.02. The minimum atomic E-state index is -1.15. The molecule has 0 saturated heterocycles. The molecule has 1 aromatic heterocycles. The van der Waals surface area contributed by atoms with Crippen LogP contribution in [0.5, 0.6) is 0 Å². The van der Waals surface area contributed by atoms with Crippen molar-refractivity contribution < 1.29 is 14.3 Å². The summed E-state index contributed by atoms with van der Waals surface area (Å²) in [4.78, 5) is 14.9. The smallest absolute Gasteiger partial charge is 0.335 e. The zero-order valence-electron chi connectivity index (χ0n) is 10.4. The summed E-state index contributed by atoms with van der Waals surface area (Å²) in [5, 5.41) is 11.7. The van der Waals surface area contributed by atoms with Crippen molar-refractivity contribution in [2.24, 2.45) is 0 Å². The topological polar surface area (TPSA) is 62.2 Å². The number of aromatic nitrogens is 1. The lowest BCUT2D eigenvalue weighted by Gasteiger charge is -2.09. The molecule has 1 heterocycles. The minimum Gasteiger partial charge on any atom is -0.478 e. The lowest BCUT2D eigenvalue weighted by molar-refractivity contribution is 0.0696. The predicted octanol–water partition coefficient (Wildman–Crippen LogP) is 2.84. The molecular weight excluding hydrogens is 247 g/mol. The van der Waals surface area contributed by atoms with Crippen molar-refractivity contribution in [3.8, 4) is 0 Å². The second-order valence-electron chi connectivity index (χ2n) is 4.12. The van der Waals surface area contributed by atoms with E-state index >= 15 is 0 Å². The molecule has 0 aliphatic heterocycles. The van der Waals surface area contributed by atoms with Crippen LogP contribution in [-0.2, 0) is 6.54 Å². The molecule has 19 heavy (non-hydrogen) atoms. The number of aryl methyl sites for hydroxylation is 1. The Hall–Kier alpha value is -2.43. The summed E-state index contributed by atoms with van der Waals surface area (Å²) >= 11 is 0. The average Bonchev–Trinajstić information content (AvgIpc) is 2.39. The Kier molecular flexibility index (Phi) is 3.75. The molecule has 0 bridgehead atoms. The van der Waals surface area contributed by atoms with Crippen molar-refractivity contribution in [3.05, 3.63) is 59.2 Å². The van der Waals surface area contributed by atoms with E-state index in [4.69, 9.17) is 5.11 Å². The van der Waals surface area contributed by atoms with Crippen LogP contribution in [0.15, 0.2) is 36.5 Å². The van der Waals surface area contributed by atoms with Gasteiger partial charge in [0.25, 0.3) is 0 Å². The molecule has 4 nitrogen and oxygen atoms in total. The van der Waals surface area contributed by atoms with E-state index in [0.29, 0.717) is 6.54 Å². The number of nitrogens with zero attached hydrogens (tertiary/aromatic N) is 1. The molecular formula is C14H13FN2O2. The van der Waals surface area contributed by atoms with E-state index in [2.05, 4.69) is 10.3 Å². The van der Waals surface area contributed by atoms with Gasteiger partial charge in [-0.3, -0.25) is 4.98 Å². The van der Waals surface area contributed by atoms with Crippen LogP contribution in [0.2, 0.25) is 0 Å². The zero-order valence-corrected chi connectivity index (χ0v) is 10.4. The van der Waals surface area contributed by atoms with Crippen molar-refractivity contribution in [3.63, 3.8) is 0 Å². The third-order valence-corrected chi connectivity index (χ3v) is 2.78. The predicted molar refractivity (Wildman–Crippen MR) is 69.7 cm³/mol. The Labute approximate surface area is 109 Å². The van der Waals surface area contributed by atoms with E-state index in [-0.39, 0.29) is 11.3 Å². The van der Waals surface area contributed by atoms with Gasteiger partial charge >= 0.3 is 5.97 Å². The first-order valence-electron chi connectivity index (χ1n) is 5.75.